The molecule has 150 valence electrons. The number of carbonyl (C=O) groups excluding carboxylic acids is 1. The van der Waals surface area contributed by atoms with Gasteiger partial charge in [-0.05, 0) is 38.5 Å². The van der Waals surface area contributed by atoms with Crippen molar-refractivity contribution in [2.24, 2.45) is 0 Å². The van der Waals surface area contributed by atoms with Crippen molar-refractivity contribution < 1.29 is 9.53 Å². The lowest BCUT2D eigenvalue weighted by Crippen LogP contribution is -2.37. The van der Waals surface area contributed by atoms with Gasteiger partial charge < -0.3 is 19.2 Å². The van der Waals surface area contributed by atoms with Crippen molar-refractivity contribution in [2.75, 3.05) is 13.2 Å². The van der Waals surface area contributed by atoms with Crippen LogP contribution >= 0.6 is 0 Å². The lowest BCUT2D eigenvalue weighted by atomic mass is 9.99. The molecule has 9 heteroatoms. The van der Waals surface area contributed by atoms with E-state index in [0.717, 1.165) is 95.1 Å². The number of rotatable bonds is 3. The molecule has 1 N–H and O–H groups in total. The van der Waals surface area contributed by atoms with E-state index in [1.807, 2.05) is 4.57 Å². The number of aromatic nitrogens is 6. The Labute approximate surface area is 163 Å². The fourth-order valence-corrected chi connectivity index (χ4v) is 4.64. The number of nitrogens with one attached hydrogen (secondary N) is 1. The molecule has 0 spiro atoms. The highest BCUT2D eigenvalue weighted by Crippen LogP contribution is 2.28. The Morgan fingerprint density at radius 3 is 2.61 bits per heavy atom. The second-order valence-electron chi connectivity index (χ2n) is 8.06. The smallest absolute Gasteiger partial charge is 0.289 e. The Hall–Kier alpha value is -2.29. The first-order valence-corrected chi connectivity index (χ1v) is 10.5. The van der Waals surface area contributed by atoms with Gasteiger partial charge in [0.1, 0.15) is 17.5 Å². The maximum absolute atomic E-state index is 12.8. The highest BCUT2D eigenvalue weighted by molar-refractivity contribution is 5.90. The zero-order valence-electron chi connectivity index (χ0n) is 16.1. The summed E-state index contributed by atoms with van der Waals surface area (Å²) >= 11 is 0. The minimum absolute atomic E-state index is 0.104. The molecule has 1 saturated heterocycles. The molecule has 1 unspecified atom stereocenters. The molecule has 1 amide bonds. The monoisotopic (exact) mass is 385 g/mol. The van der Waals surface area contributed by atoms with Crippen LogP contribution in [0.1, 0.15) is 72.5 Å². The lowest BCUT2D eigenvalue weighted by Gasteiger charge is -2.22. The quantitative estimate of drug-likeness (QED) is 0.853. The van der Waals surface area contributed by atoms with Crippen LogP contribution in [-0.2, 0) is 30.7 Å². The van der Waals surface area contributed by atoms with Gasteiger partial charge in [0.2, 0.25) is 5.82 Å². The highest BCUT2D eigenvalue weighted by atomic mass is 16.5. The summed E-state index contributed by atoms with van der Waals surface area (Å²) < 4.78 is 9.74. The molecule has 9 nitrogen and oxygen atoms in total. The van der Waals surface area contributed by atoms with Gasteiger partial charge in [-0.25, -0.2) is 0 Å². The second kappa shape index (κ2) is 7.62. The summed E-state index contributed by atoms with van der Waals surface area (Å²) in [7, 11) is 0. The largest absolute Gasteiger partial charge is 0.381 e. The van der Waals surface area contributed by atoms with Crippen LogP contribution in [0.3, 0.4) is 0 Å². The van der Waals surface area contributed by atoms with Crippen LogP contribution < -0.4 is 5.32 Å². The second-order valence-corrected chi connectivity index (χ2v) is 8.06. The Morgan fingerprint density at radius 1 is 0.893 bits per heavy atom. The fourth-order valence-electron chi connectivity index (χ4n) is 4.64. The Morgan fingerprint density at radius 2 is 1.71 bits per heavy atom. The number of fused-ring (bicyclic) bond motifs is 2. The molecule has 2 aromatic rings. The normalized spacial score (nSPS) is 22.9. The van der Waals surface area contributed by atoms with Gasteiger partial charge in [-0.2, -0.15) is 0 Å². The zero-order valence-corrected chi connectivity index (χ0v) is 16.1. The van der Waals surface area contributed by atoms with Crippen molar-refractivity contribution >= 4 is 5.91 Å². The van der Waals surface area contributed by atoms with E-state index in [9.17, 15) is 4.79 Å². The first-order chi connectivity index (χ1) is 13.8. The molecule has 5 heterocycles. The minimum atomic E-state index is -0.104. The first kappa shape index (κ1) is 17.8. The van der Waals surface area contributed by atoms with Gasteiger partial charge in [0.25, 0.3) is 5.91 Å². The van der Waals surface area contributed by atoms with Crippen LogP contribution in [0.2, 0.25) is 0 Å². The van der Waals surface area contributed by atoms with Crippen LogP contribution in [-0.4, -0.2) is 54.7 Å². The summed E-state index contributed by atoms with van der Waals surface area (Å²) in [4.78, 5) is 12.8. The van der Waals surface area contributed by atoms with Gasteiger partial charge >= 0.3 is 0 Å². The van der Waals surface area contributed by atoms with Gasteiger partial charge in [-0.3, -0.25) is 4.79 Å². The van der Waals surface area contributed by atoms with Crippen LogP contribution in [0.25, 0.3) is 0 Å². The third-order valence-electron chi connectivity index (χ3n) is 6.26. The molecule has 3 aliphatic rings. The molecule has 0 bridgehead atoms. The van der Waals surface area contributed by atoms with E-state index in [-0.39, 0.29) is 11.9 Å². The van der Waals surface area contributed by atoms with Crippen molar-refractivity contribution in [3.05, 3.63) is 23.3 Å². The molecule has 0 aliphatic carbocycles. The maximum atomic E-state index is 12.8. The molecule has 5 rings (SSSR count). The standard InChI is InChI=1S/C19H27N7O2/c27-19(18-24-21-15-3-1-2-9-25(15)18)20-14-4-5-16-22-23-17(26(16)10-6-14)13-7-11-28-12-8-13/h13-14H,1-12H2,(H,20,27). The maximum Gasteiger partial charge on any atom is 0.289 e. The third-order valence-corrected chi connectivity index (χ3v) is 6.26. The SMILES string of the molecule is O=C(NC1CCc2nnc(C3CCOCC3)n2CC1)c1nnc2n1CCCC2. The van der Waals surface area contributed by atoms with Gasteiger partial charge in [0, 0.05) is 51.1 Å². The Balaban J connectivity index is 1.25. The van der Waals surface area contributed by atoms with E-state index in [2.05, 4.69) is 30.3 Å². The van der Waals surface area contributed by atoms with E-state index >= 15 is 0 Å². The summed E-state index contributed by atoms with van der Waals surface area (Å²) in [5, 5.41) is 20.5. The fraction of sp³-hybridized carbons (Fsp3) is 0.737. The molecule has 0 saturated carbocycles. The molecule has 0 aromatic carbocycles. The average molecular weight is 385 g/mol. The molecule has 1 atom stereocenters. The molecule has 2 aromatic heterocycles. The van der Waals surface area contributed by atoms with Crippen LogP contribution in [0.5, 0.6) is 0 Å². The van der Waals surface area contributed by atoms with E-state index in [0.29, 0.717) is 11.7 Å². The van der Waals surface area contributed by atoms with Crippen LogP contribution in [0, 0.1) is 0 Å². The molecule has 1 fully saturated rings. The summed E-state index contributed by atoms with van der Waals surface area (Å²) in [6.45, 7) is 3.28. The van der Waals surface area contributed by atoms with Gasteiger partial charge in [0.15, 0.2) is 0 Å². The van der Waals surface area contributed by atoms with Crippen molar-refractivity contribution in [1.29, 1.82) is 0 Å². The Kier molecular flexibility index (Phi) is 4.84. The van der Waals surface area contributed by atoms with Gasteiger partial charge in [-0.15, -0.1) is 20.4 Å². The van der Waals surface area contributed by atoms with E-state index in [1.54, 1.807) is 0 Å². The average Bonchev–Trinajstić information content (AvgIpc) is 3.30. The van der Waals surface area contributed by atoms with E-state index in [4.69, 9.17) is 4.74 Å². The summed E-state index contributed by atoms with van der Waals surface area (Å²) in [6, 6.07) is 0.119. The minimum Gasteiger partial charge on any atom is -0.381 e. The summed E-state index contributed by atoms with van der Waals surface area (Å²) in [6.07, 6.45) is 7.72. The van der Waals surface area contributed by atoms with Gasteiger partial charge in [-0.1, -0.05) is 0 Å². The lowest BCUT2D eigenvalue weighted by molar-refractivity contribution is 0.0826. The number of carbonyl (C=O) groups is 1. The number of ether oxygens (including phenoxy) is 1. The van der Waals surface area contributed by atoms with Crippen molar-refractivity contribution in [3.63, 3.8) is 0 Å². The number of nitrogens with zero attached hydrogens (tertiary/aromatic N) is 6. The molecule has 28 heavy (non-hydrogen) atoms. The van der Waals surface area contributed by atoms with Crippen LogP contribution in [0.4, 0.5) is 0 Å². The molecule has 3 aliphatic heterocycles. The van der Waals surface area contributed by atoms with Crippen molar-refractivity contribution in [3.8, 4) is 0 Å². The van der Waals surface area contributed by atoms with E-state index < -0.39 is 0 Å². The Bertz CT molecular complexity index is 853. The zero-order chi connectivity index (χ0) is 18.9. The predicted octanol–water partition coefficient (Wildman–Crippen LogP) is 1.23. The summed E-state index contributed by atoms with van der Waals surface area (Å²) in [5.74, 6) is 3.86. The number of hydrogen-bond acceptors (Lipinski definition) is 6. The van der Waals surface area contributed by atoms with E-state index in [1.165, 1.54) is 0 Å². The number of aryl methyl sites for hydroxylation is 2. The molecular formula is C19H27N7O2. The third kappa shape index (κ3) is 3.32. The van der Waals surface area contributed by atoms with Crippen LogP contribution in [0.15, 0.2) is 0 Å². The number of amides is 1. The highest BCUT2D eigenvalue weighted by Gasteiger charge is 2.28. The van der Waals surface area contributed by atoms with Crippen molar-refractivity contribution in [2.45, 2.75) is 76.4 Å². The van der Waals surface area contributed by atoms with Gasteiger partial charge in [0.05, 0.1) is 0 Å². The molecule has 0 radical (unpaired) electrons. The molecular weight excluding hydrogens is 358 g/mol. The first-order valence-electron chi connectivity index (χ1n) is 10.5. The summed E-state index contributed by atoms with van der Waals surface area (Å²) in [5.41, 5.74) is 0. The topological polar surface area (TPSA) is 99.8 Å². The van der Waals surface area contributed by atoms with Crippen molar-refractivity contribution in [1.82, 2.24) is 34.8 Å². The predicted molar refractivity (Wildman–Crippen MR) is 100.0 cm³/mol. The number of hydrogen-bond donors (Lipinski definition) is 1.